The van der Waals surface area contributed by atoms with Gasteiger partial charge in [0.05, 0.1) is 33.4 Å². The molecule has 29 heavy (non-hydrogen) atoms. The van der Waals surface area contributed by atoms with E-state index in [0.717, 1.165) is 37.3 Å². The van der Waals surface area contributed by atoms with E-state index in [1.54, 1.807) is 0 Å². The van der Waals surface area contributed by atoms with Crippen LogP contribution >= 0.6 is 0 Å². The van der Waals surface area contributed by atoms with Crippen molar-refractivity contribution in [3.63, 3.8) is 0 Å². The highest BCUT2D eigenvalue weighted by atomic mass is 32.2. The van der Waals surface area contributed by atoms with Gasteiger partial charge in [0.1, 0.15) is 5.82 Å². The third-order valence-electron chi connectivity index (χ3n) is 4.17. The van der Waals surface area contributed by atoms with Crippen molar-refractivity contribution in [1.82, 2.24) is 0 Å². The van der Waals surface area contributed by atoms with Crippen LogP contribution in [0.4, 0.5) is 17.6 Å². The molecule has 0 spiro atoms. The molecule has 0 aliphatic rings. The lowest BCUT2D eigenvalue weighted by Gasteiger charge is -2.23. The molecule has 0 amide bonds. The lowest BCUT2D eigenvalue weighted by Crippen LogP contribution is -2.51. The highest BCUT2D eigenvalue weighted by Gasteiger charge is 2.36. The van der Waals surface area contributed by atoms with Crippen LogP contribution in [0.2, 0.25) is 0 Å². The second kappa shape index (κ2) is 7.93. The average Bonchev–Trinajstić information content (AvgIpc) is 2.60. The third kappa shape index (κ3) is 5.40. The minimum atomic E-state index is -4.79. The summed E-state index contributed by atoms with van der Waals surface area (Å²) >= 11 is 0. The van der Waals surface area contributed by atoms with Crippen molar-refractivity contribution in [3.05, 3.63) is 65.0 Å². The second-order valence-corrected chi connectivity index (χ2v) is 8.71. The van der Waals surface area contributed by atoms with Gasteiger partial charge in [0.15, 0.2) is 15.6 Å². The molecule has 0 fully saturated rings. The minimum absolute atomic E-state index is 0.0582. The molecule has 10 heteroatoms. The van der Waals surface area contributed by atoms with Gasteiger partial charge in [-0.3, -0.25) is 4.79 Å². The maximum absolute atomic E-state index is 13.1. The highest BCUT2D eigenvalue weighted by molar-refractivity contribution is 7.91. The van der Waals surface area contributed by atoms with Crippen LogP contribution in [0.3, 0.4) is 0 Å². The van der Waals surface area contributed by atoms with Gasteiger partial charge in [-0.25, -0.2) is 12.8 Å². The summed E-state index contributed by atoms with van der Waals surface area (Å²) in [5.74, 6) is -2.26. The van der Waals surface area contributed by atoms with Gasteiger partial charge >= 0.3 is 6.18 Å². The molecule has 0 heterocycles. The number of carbonyl (C=O) groups is 1. The Kier molecular flexibility index (Phi) is 6.15. The Bertz CT molecular complexity index is 1070. The molecule has 2 N–H and O–H groups in total. The Morgan fingerprint density at radius 1 is 1.14 bits per heavy atom. The quantitative estimate of drug-likeness (QED) is 0.563. The Morgan fingerprint density at radius 3 is 2.24 bits per heavy atom. The zero-order chi connectivity index (χ0) is 22.0. The molecule has 0 bridgehead atoms. The van der Waals surface area contributed by atoms with Gasteiger partial charge < -0.3 is 5.73 Å². The Balaban J connectivity index is 2.25. The first kappa shape index (κ1) is 22.5. The largest absolute Gasteiger partial charge is 0.417 e. The lowest BCUT2D eigenvalue weighted by molar-refractivity contribution is -0.138. The smallest absolute Gasteiger partial charge is 0.318 e. The normalized spacial score (nSPS) is 14.1. The standard InChI is InChI=1S/C19H16F4N2O3S/c1-18(25,11-29(27,28)15-6-4-14(20)5-7-15)17(26)9-12-2-3-13(10-24)16(8-12)19(21,22)23/h2-8H,9,11,25H2,1H3/t18-/m0/s1. The number of ketones is 1. The molecule has 0 unspecified atom stereocenters. The molecule has 0 aliphatic heterocycles. The number of rotatable bonds is 6. The number of nitrogens with two attached hydrogens (primary N) is 1. The van der Waals surface area contributed by atoms with Crippen molar-refractivity contribution >= 4 is 15.6 Å². The number of hydrogen-bond donors (Lipinski definition) is 1. The summed E-state index contributed by atoms with van der Waals surface area (Å²) in [5, 5.41) is 8.81. The monoisotopic (exact) mass is 428 g/mol. The summed E-state index contributed by atoms with van der Waals surface area (Å²) < 4.78 is 77.0. The molecule has 0 saturated carbocycles. The molecule has 0 aliphatic carbocycles. The Hall–Kier alpha value is -2.77. The van der Waals surface area contributed by atoms with Gasteiger partial charge in [0.2, 0.25) is 0 Å². The predicted octanol–water partition coefficient (Wildman–Crippen LogP) is 3.02. The Morgan fingerprint density at radius 2 is 1.72 bits per heavy atom. The van der Waals surface area contributed by atoms with E-state index < -0.39 is 56.5 Å². The van der Waals surface area contributed by atoms with Crippen molar-refractivity contribution in [3.8, 4) is 6.07 Å². The summed E-state index contributed by atoms with van der Waals surface area (Å²) in [6, 6.07) is 8.16. The first-order valence-corrected chi connectivity index (χ1v) is 9.82. The number of nitrogens with zero attached hydrogens (tertiary/aromatic N) is 1. The van der Waals surface area contributed by atoms with E-state index in [-0.39, 0.29) is 10.5 Å². The van der Waals surface area contributed by atoms with Crippen molar-refractivity contribution in [2.75, 3.05) is 5.75 Å². The van der Waals surface area contributed by atoms with Gasteiger partial charge in [-0.05, 0) is 48.9 Å². The summed E-state index contributed by atoms with van der Waals surface area (Å²) in [7, 11) is -4.05. The van der Waals surface area contributed by atoms with Gasteiger partial charge in [0.25, 0.3) is 0 Å². The fourth-order valence-corrected chi connectivity index (χ4v) is 4.29. The van der Waals surface area contributed by atoms with Crippen LogP contribution < -0.4 is 5.73 Å². The lowest BCUT2D eigenvalue weighted by atomic mass is 9.93. The number of Topliss-reactive ketones (excluding diaryl/α,β-unsaturated/α-hetero) is 1. The topological polar surface area (TPSA) is 101 Å². The van der Waals surface area contributed by atoms with Gasteiger partial charge in [-0.15, -0.1) is 0 Å². The number of nitriles is 1. The Labute approximate surface area is 164 Å². The SMILES string of the molecule is C[C@](N)(CS(=O)(=O)c1ccc(F)cc1)C(=O)Cc1ccc(C#N)c(C(F)(F)F)c1. The summed E-state index contributed by atoms with van der Waals surface area (Å²) in [5.41, 5.74) is 2.12. The summed E-state index contributed by atoms with van der Waals surface area (Å²) in [4.78, 5) is 12.3. The molecule has 5 nitrogen and oxygen atoms in total. The number of sulfone groups is 1. The fourth-order valence-electron chi connectivity index (χ4n) is 2.62. The zero-order valence-corrected chi connectivity index (χ0v) is 15.9. The van der Waals surface area contributed by atoms with Crippen molar-refractivity contribution in [2.45, 2.75) is 30.0 Å². The van der Waals surface area contributed by atoms with Gasteiger partial charge in [-0.2, -0.15) is 18.4 Å². The van der Waals surface area contributed by atoms with Crippen molar-refractivity contribution in [1.29, 1.82) is 5.26 Å². The molecule has 2 aromatic rings. The fraction of sp³-hybridized carbons (Fsp3) is 0.263. The van der Waals surface area contributed by atoms with Crippen LogP contribution in [0.25, 0.3) is 0 Å². The van der Waals surface area contributed by atoms with Crippen molar-refractivity contribution < 1.29 is 30.8 Å². The maximum Gasteiger partial charge on any atom is 0.417 e. The van der Waals surface area contributed by atoms with E-state index in [0.29, 0.717) is 6.07 Å². The van der Waals surface area contributed by atoms with Crippen LogP contribution in [-0.4, -0.2) is 25.5 Å². The molecule has 0 saturated heterocycles. The average molecular weight is 428 g/mol. The van der Waals surface area contributed by atoms with Crippen LogP contribution in [0.1, 0.15) is 23.6 Å². The van der Waals surface area contributed by atoms with Crippen LogP contribution in [0.15, 0.2) is 47.4 Å². The number of alkyl halides is 3. The molecular weight excluding hydrogens is 412 g/mol. The van der Waals surface area contributed by atoms with Crippen LogP contribution in [-0.2, 0) is 27.2 Å². The second-order valence-electron chi connectivity index (χ2n) is 6.72. The maximum atomic E-state index is 13.1. The summed E-state index contributed by atoms with van der Waals surface area (Å²) in [6.45, 7) is 1.16. The van der Waals surface area contributed by atoms with Gasteiger partial charge in [-0.1, -0.05) is 6.07 Å². The first-order chi connectivity index (χ1) is 13.3. The van der Waals surface area contributed by atoms with E-state index in [1.807, 2.05) is 0 Å². The molecule has 0 radical (unpaired) electrons. The predicted molar refractivity (Wildman–Crippen MR) is 95.9 cm³/mol. The molecule has 154 valence electrons. The molecule has 2 rings (SSSR count). The van der Waals surface area contributed by atoms with E-state index in [1.165, 1.54) is 12.1 Å². The minimum Gasteiger partial charge on any atom is -0.318 e. The number of carbonyl (C=O) groups excluding carboxylic acids is 1. The summed E-state index contributed by atoms with van der Waals surface area (Å²) in [6.07, 6.45) is -5.34. The van der Waals surface area contributed by atoms with Crippen molar-refractivity contribution in [2.24, 2.45) is 5.73 Å². The van der Waals surface area contributed by atoms with Gasteiger partial charge in [0, 0.05) is 6.42 Å². The third-order valence-corrected chi connectivity index (χ3v) is 6.14. The van der Waals surface area contributed by atoms with E-state index in [9.17, 15) is 30.8 Å². The number of benzene rings is 2. The van der Waals surface area contributed by atoms with Crippen LogP contribution in [0, 0.1) is 17.1 Å². The number of halogens is 4. The van der Waals surface area contributed by atoms with E-state index in [4.69, 9.17) is 11.0 Å². The first-order valence-electron chi connectivity index (χ1n) is 8.17. The zero-order valence-electron chi connectivity index (χ0n) is 15.1. The van der Waals surface area contributed by atoms with Crippen LogP contribution in [0.5, 0.6) is 0 Å². The number of hydrogen-bond acceptors (Lipinski definition) is 5. The molecule has 0 aromatic heterocycles. The van der Waals surface area contributed by atoms with E-state index in [2.05, 4.69) is 0 Å². The molecule has 2 aromatic carbocycles. The molecular formula is C19H16F4N2O3S. The highest BCUT2D eigenvalue weighted by Crippen LogP contribution is 2.32. The molecule has 1 atom stereocenters. The van der Waals surface area contributed by atoms with E-state index >= 15 is 0 Å².